The molecule has 0 radical (unpaired) electrons. The van der Waals surface area contributed by atoms with Gasteiger partial charge in [-0.05, 0) is 70.6 Å². The van der Waals surface area contributed by atoms with E-state index in [0.717, 1.165) is 54.9 Å². The Morgan fingerprint density at radius 3 is 2.58 bits per heavy atom. The molecule has 1 atom stereocenters. The molecule has 0 spiro atoms. The number of benzene rings is 2. The Morgan fingerprint density at radius 1 is 1.03 bits per heavy atom. The third-order valence-corrected chi connectivity index (χ3v) is 7.20. The summed E-state index contributed by atoms with van der Waals surface area (Å²) in [4.78, 5) is 9.78. The summed E-state index contributed by atoms with van der Waals surface area (Å²) in [6.07, 6.45) is 4.03. The number of piperazine rings is 1. The molecule has 1 aromatic heterocycles. The van der Waals surface area contributed by atoms with Crippen LogP contribution in [0, 0.1) is 6.92 Å². The van der Waals surface area contributed by atoms with Crippen molar-refractivity contribution in [3.05, 3.63) is 111 Å². The van der Waals surface area contributed by atoms with Gasteiger partial charge in [-0.1, -0.05) is 54.1 Å². The summed E-state index contributed by atoms with van der Waals surface area (Å²) in [5, 5.41) is 0. The fraction of sp³-hybridized carbons (Fsp3) is 0.321. The molecule has 33 heavy (non-hydrogen) atoms. The van der Waals surface area contributed by atoms with Crippen LogP contribution in [0.1, 0.15) is 39.6 Å². The molecule has 4 nitrogen and oxygen atoms in total. The summed E-state index contributed by atoms with van der Waals surface area (Å²) in [6.45, 7) is 10.6. The van der Waals surface area contributed by atoms with Gasteiger partial charge >= 0.3 is 0 Å². The molecule has 0 amide bonds. The van der Waals surface area contributed by atoms with E-state index in [1.54, 1.807) is 0 Å². The highest BCUT2D eigenvalue weighted by molar-refractivity contribution is 9.10. The number of pyridine rings is 1. The molecular weight excluding hydrogens is 474 g/mol. The molecule has 170 valence electrons. The number of aryl methyl sites for hydroxylation is 3. The van der Waals surface area contributed by atoms with Crippen LogP contribution in [0.3, 0.4) is 0 Å². The molecule has 5 rings (SSSR count). The van der Waals surface area contributed by atoms with Crippen LogP contribution in [-0.2, 0) is 24.2 Å². The van der Waals surface area contributed by atoms with Gasteiger partial charge in [-0.2, -0.15) is 0 Å². The average Bonchev–Trinajstić information content (AvgIpc) is 2.99. The SMILES string of the molecule is C=C(OCc1ccccc1)N1CCN(C2c3ccc(C)cc3CCc3cc(Br)cnc32)CC1. The molecule has 5 heteroatoms. The van der Waals surface area contributed by atoms with Gasteiger partial charge in [0.05, 0.1) is 11.7 Å². The molecule has 1 fully saturated rings. The molecule has 1 aliphatic carbocycles. The summed E-state index contributed by atoms with van der Waals surface area (Å²) in [5.41, 5.74) is 7.89. The summed E-state index contributed by atoms with van der Waals surface area (Å²) in [7, 11) is 0. The van der Waals surface area contributed by atoms with Crippen molar-refractivity contribution in [3.63, 3.8) is 0 Å². The fourth-order valence-corrected chi connectivity index (χ4v) is 5.38. The Kier molecular flexibility index (Phi) is 6.52. The van der Waals surface area contributed by atoms with Gasteiger partial charge in [-0.15, -0.1) is 0 Å². The average molecular weight is 504 g/mol. The molecule has 3 aromatic rings. The third-order valence-electron chi connectivity index (χ3n) is 6.76. The predicted octanol–water partition coefficient (Wildman–Crippen LogP) is 5.65. The monoisotopic (exact) mass is 503 g/mol. The highest BCUT2D eigenvalue weighted by atomic mass is 79.9. The molecule has 2 heterocycles. The van der Waals surface area contributed by atoms with Gasteiger partial charge in [0.2, 0.25) is 0 Å². The zero-order chi connectivity index (χ0) is 22.8. The highest BCUT2D eigenvalue weighted by Gasteiger charge is 2.32. The molecule has 1 saturated heterocycles. The molecular formula is C28H30BrN3O. The Labute approximate surface area is 205 Å². The largest absolute Gasteiger partial charge is 0.475 e. The van der Waals surface area contributed by atoms with Crippen molar-refractivity contribution in [2.45, 2.75) is 32.4 Å². The Hall–Kier alpha value is -2.63. The molecule has 1 unspecified atom stereocenters. The second kappa shape index (κ2) is 9.70. The zero-order valence-corrected chi connectivity index (χ0v) is 20.7. The van der Waals surface area contributed by atoms with Crippen LogP contribution in [0.15, 0.2) is 77.7 Å². The van der Waals surface area contributed by atoms with Crippen LogP contribution in [0.25, 0.3) is 0 Å². The quantitative estimate of drug-likeness (QED) is 0.420. The number of rotatable bonds is 5. The lowest BCUT2D eigenvalue weighted by Crippen LogP contribution is -2.47. The lowest BCUT2D eigenvalue weighted by molar-refractivity contribution is 0.0556. The van der Waals surface area contributed by atoms with Crippen molar-refractivity contribution < 1.29 is 4.74 Å². The first-order valence-corrected chi connectivity index (χ1v) is 12.5. The van der Waals surface area contributed by atoms with E-state index in [4.69, 9.17) is 9.72 Å². The van der Waals surface area contributed by atoms with Gasteiger partial charge in [0.1, 0.15) is 6.61 Å². The van der Waals surface area contributed by atoms with Crippen molar-refractivity contribution in [1.82, 2.24) is 14.8 Å². The van der Waals surface area contributed by atoms with E-state index in [2.05, 4.69) is 75.6 Å². The smallest absolute Gasteiger partial charge is 0.182 e. The van der Waals surface area contributed by atoms with Crippen molar-refractivity contribution in [2.24, 2.45) is 0 Å². The number of aromatic nitrogens is 1. The second-order valence-electron chi connectivity index (χ2n) is 8.99. The minimum atomic E-state index is 0.187. The number of hydrogen-bond acceptors (Lipinski definition) is 4. The summed E-state index contributed by atoms with van der Waals surface area (Å²) in [6, 6.07) is 19.6. The van der Waals surface area contributed by atoms with E-state index in [1.165, 1.54) is 27.9 Å². The third kappa shape index (κ3) is 4.85. The first-order valence-electron chi connectivity index (χ1n) is 11.7. The molecule has 1 aliphatic heterocycles. The minimum absolute atomic E-state index is 0.187. The maximum Gasteiger partial charge on any atom is 0.182 e. The standard InChI is InChI=1S/C28H30BrN3O/c1-20-8-11-26-23(16-20)9-10-24-17-25(29)18-30-27(24)28(26)32-14-12-31(13-15-32)21(2)33-19-22-6-4-3-5-7-22/h3-8,11,16-18,28H,2,9-10,12-15,19H2,1H3. The van der Waals surface area contributed by atoms with Crippen molar-refractivity contribution in [2.75, 3.05) is 26.2 Å². The van der Waals surface area contributed by atoms with Crippen molar-refractivity contribution in [1.29, 1.82) is 0 Å². The van der Waals surface area contributed by atoms with Crippen LogP contribution >= 0.6 is 15.9 Å². The van der Waals surface area contributed by atoms with Gasteiger partial charge in [0, 0.05) is 36.8 Å². The Bertz CT molecular complexity index is 1090. The van der Waals surface area contributed by atoms with Gasteiger partial charge < -0.3 is 9.64 Å². The van der Waals surface area contributed by atoms with E-state index >= 15 is 0 Å². The number of ether oxygens (including phenoxy) is 1. The Balaban J connectivity index is 1.33. The van der Waals surface area contributed by atoms with Gasteiger partial charge in [0.15, 0.2) is 5.88 Å². The van der Waals surface area contributed by atoms with E-state index in [9.17, 15) is 0 Å². The number of nitrogens with zero attached hydrogens (tertiary/aromatic N) is 3. The minimum Gasteiger partial charge on any atom is -0.475 e. The van der Waals surface area contributed by atoms with Crippen LogP contribution in [0.5, 0.6) is 0 Å². The van der Waals surface area contributed by atoms with E-state index in [0.29, 0.717) is 6.61 Å². The van der Waals surface area contributed by atoms with Crippen LogP contribution in [-0.4, -0.2) is 41.0 Å². The summed E-state index contributed by atoms with van der Waals surface area (Å²) in [5.74, 6) is 0.762. The molecule has 0 bridgehead atoms. The van der Waals surface area contributed by atoms with Gasteiger partial charge in [-0.25, -0.2) is 0 Å². The van der Waals surface area contributed by atoms with E-state index in [1.807, 2.05) is 24.4 Å². The maximum absolute atomic E-state index is 6.00. The van der Waals surface area contributed by atoms with Crippen molar-refractivity contribution in [3.8, 4) is 0 Å². The Morgan fingerprint density at radius 2 is 1.79 bits per heavy atom. The number of hydrogen-bond donors (Lipinski definition) is 0. The molecule has 2 aliphatic rings. The van der Waals surface area contributed by atoms with Gasteiger partial charge in [0.25, 0.3) is 0 Å². The fourth-order valence-electron chi connectivity index (χ4n) is 5.00. The first kappa shape index (κ1) is 22.2. The topological polar surface area (TPSA) is 28.6 Å². The number of fused-ring (bicyclic) bond motifs is 2. The number of halogens is 1. The molecule has 0 saturated carbocycles. The van der Waals surface area contributed by atoms with E-state index in [-0.39, 0.29) is 6.04 Å². The highest BCUT2D eigenvalue weighted by Crippen LogP contribution is 2.37. The normalized spacial score (nSPS) is 18.2. The molecule has 2 aromatic carbocycles. The maximum atomic E-state index is 6.00. The van der Waals surface area contributed by atoms with Crippen molar-refractivity contribution >= 4 is 15.9 Å². The molecule has 0 N–H and O–H groups in total. The zero-order valence-electron chi connectivity index (χ0n) is 19.1. The van der Waals surface area contributed by atoms with Crippen LogP contribution < -0.4 is 0 Å². The predicted molar refractivity (Wildman–Crippen MR) is 136 cm³/mol. The van der Waals surface area contributed by atoms with Crippen LogP contribution in [0.2, 0.25) is 0 Å². The van der Waals surface area contributed by atoms with E-state index < -0.39 is 0 Å². The summed E-state index contributed by atoms with van der Waals surface area (Å²) >= 11 is 3.63. The van der Waals surface area contributed by atoms with Crippen LogP contribution in [0.4, 0.5) is 0 Å². The van der Waals surface area contributed by atoms with Gasteiger partial charge in [-0.3, -0.25) is 9.88 Å². The second-order valence-corrected chi connectivity index (χ2v) is 9.91. The lowest BCUT2D eigenvalue weighted by atomic mass is 9.94. The lowest BCUT2D eigenvalue weighted by Gasteiger charge is -2.40. The summed E-state index contributed by atoms with van der Waals surface area (Å²) < 4.78 is 7.06. The first-order chi connectivity index (χ1) is 16.1.